The predicted octanol–water partition coefficient (Wildman–Crippen LogP) is 1.81. The highest BCUT2D eigenvalue weighted by molar-refractivity contribution is 5.27. The van der Waals surface area contributed by atoms with Crippen molar-refractivity contribution in [3.63, 3.8) is 0 Å². The molecule has 13 heavy (non-hydrogen) atoms. The van der Waals surface area contributed by atoms with Crippen LogP contribution in [0.3, 0.4) is 0 Å². The summed E-state index contributed by atoms with van der Waals surface area (Å²) in [7, 11) is 0. The second-order valence-corrected chi connectivity index (χ2v) is 3.03. The molecule has 0 saturated heterocycles. The van der Waals surface area contributed by atoms with Crippen LogP contribution in [0.15, 0.2) is 18.2 Å². The van der Waals surface area contributed by atoms with Gasteiger partial charge in [0.1, 0.15) is 0 Å². The van der Waals surface area contributed by atoms with Crippen LogP contribution in [0, 0.1) is 5.82 Å². The molecule has 2 nitrogen and oxygen atoms in total. The summed E-state index contributed by atoms with van der Waals surface area (Å²) >= 11 is 0. The van der Waals surface area contributed by atoms with Crippen LogP contribution in [0.25, 0.3) is 0 Å². The molecule has 0 fully saturated rings. The van der Waals surface area contributed by atoms with Gasteiger partial charge in [0.25, 0.3) is 0 Å². The topological polar surface area (TPSA) is 46.2 Å². The van der Waals surface area contributed by atoms with Crippen LogP contribution in [0.4, 0.5) is 4.39 Å². The summed E-state index contributed by atoms with van der Waals surface area (Å²) in [5.41, 5.74) is 6.24. The molecule has 1 aromatic carbocycles. The fraction of sp³-hybridized carbons (Fsp3) is 0.400. The average Bonchev–Trinajstić information content (AvgIpc) is 2.12. The van der Waals surface area contributed by atoms with Crippen molar-refractivity contribution >= 4 is 0 Å². The van der Waals surface area contributed by atoms with Crippen molar-refractivity contribution < 1.29 is 9.50 Å². The number of benzene rings is 1. The lowest BCUT2D eigenvalue weighted by molar-refractivity contribution is 0.431. The van der Waals surface area contributed by atoms with Gasteiger partial charge >= 0.3 is 0 Å². The minimum atomic E-state index is -0.551. The third-order valence-electron chi connectivity index (χ3n) is 1.93. The number of aromatic hydroxyl groups is 1. The summed E-state index contributed by atoms with van der Waals surface area (Å²) in [4.78, 5) is 0. The summed E-state index contributed by atoms with van der Waals surface area (Å²) in [6.07, 6.45) is 2.72. The Bertz CT molecular complexity index is 276. The number of rotatable bonds is 4. The number of phenols is 1. The molecule has 72 valence electrons. The number of hydrogen-bond acceptors (Lipinski definition) is 2. The maximum absolute atomic E-state index is 12.8. The van der Waals surface area contributed by atoms with Crippen molar-refractivity contribution in [1.29, 1.82) is 0 Å². The third-order valence-corrected chi connectivity index (χ3v) is 1.93. The zero-order valence-electron chi connectivity index (χ0n) is 7.46. The van der Waals surface area contributed by atoms with E-state index in [4.69, 9.17) is 10.8 Å². The van der Waals surface area contributed by atoms with Gasteiger partial charge in [0.2, 0.25) is 0 Å². The summed E-state index contributed by atoms with van der Waals surface area (Å²) < 4.78 is 12.8. The summed E-state index contributed by atoms with van der Waals surface area (Å²) in [6, 6.07) is 4.48. The van der Waals surface area contributed by atoms with Crippen molar-refractivity contribution in [1.82, 2.24) is 0 Å². The molecule has 0 aliphatic heterocycles. The van der Waals surface area contributed by atoms with E-state index in [9.17, 15) is 4.39 Å². The standard InChI is InChI=1S/C10H14FNO/c11-9-7-8(3-1-2-6-12)4-5-10(9)13/h4-5,7,13H,1-3,6,12H2. The van der Waals surface area contributed by atoms with Gasteiger partial charge in [0.05, 0.1) is 0 Å². The van der Waals surface area contributed by atoms with Gasteiger partial charge in [-0.25, -0.2) is 4.39 Å². The number of halogens is 1. The van der Waals surface area contributed by atoms with Gasteiger partial charge in [-0.05, 0) is 43.5 Å². The largest absolute Gasteiger partial charge is 0.505 e. The normalized spacial score (nSPS) is 10.3. The van der Waals surface area contributed by atoms with Crippen molar-refractivity contribution in [2.24, 2.45) is 5.73 Å². The Kier molecular flexibility index (Phi) is 3.71. The third kappa shape index (κ3) is 3.03. The van der Waals surface area contributed by atoms with E-state index in [1.165, 1.54) is 12.1 Å². The Morgan fingerprint density at radius 1 is 1.31 bits per heavy atom. The first-order chi connectivity index (χ1) is 6.24. The van der Waals surface area contributed by atoms with Crippen LogP contribution in [0.1, 0.15) is 18.4 Å². The SMILES string of the molecule is NCCCCc1ccc(O)c(F)c1. The molecule has 0 unspecified atom stereocenters. The predicted molar refractivity (Wildman–Crippen MR) is 50.1 cm³/mol. The monoisotopic (exact) mass is 183 g/mol. The molecule has 0 aliphatic rings. The molecule has 0 bridgehead atoms. The first kappa shape index (κ1) is 9.99. The molecule has 0 aromatic heterocycles. The van der Waals surface area contributed by atoms with Crippen molar-refractivity contribution in [3.05, 3.63) is 29.6 Å². The maximum atomic E-state index is 12.8. The van der Waals surface area contributed by atoms with E-state index in [-0.39, 0.29) is 5.75 Å². The highest BCUT2D eigenvalue weighted by Crippen LogP contribution is 2.17. The van der Waals surface area contributed by atoms with Crippen LogP contribution in [0.5, 0.6) is 5.75 Å². The number of phenolic OH excluding ortho intramolecular Hbond substituents is 1. The smallest absolute Gasteiger partial charge is 0.165 e. The highest BCUT2D eigenvalue weighted by Gasteiger charge is 2.00. The quantitative estimate of drug-likeness (QED) is 0.699. The van der Waals surface area contributed by atoms with Gasteiger partial charge in [-0.1, -0.05) is 6.07 Å². The molecule has 3 N–H and O–H groups in total. The molecular weight excluding hydrogens is 169 g/mol. The van der Waals surface area contributed by atoms with E-state index in [1.807, 2.05) is 0 Å². The summed E-state index contributed by atoms with van der Waals surface area (Å²) in [5, 5.41) is 8.92. The molecule has 0 spiro atoms. The van der Waals surface area contributed by atoms with Crippen LogP contribution in [-0.2, 0) is 6.42 Å². The van der Waals surface area contributed by atoms with E-state index >= 15 is 0 Å². The second kappa shape index (κ2) is 4.82. The van der Waals surface area contributed by atoms with Crippen LogP contribution < -0.4 is 5.73 Å². The van der Waals surface area contributed by atoms with Crippen LogP contribution in [0.2, 0.25) is 0 Å². The fourth-order valence-corrected chi connectivity index (χ4v) is 1.18. The van der Waals surface area contributed by atoms with E-state index in [1.54, 1.807) is 6.07 Å². The Balaban J connectivity index is 2.53. The van der Waals surface area contributed by atoms with Gasteiger partial charge in [0, 0.05) is 0 Å². The van der Waals surface area contributed by atoms with E-state index in [2.05, 4.69) is 0 Å². The molecule has 0 atom stereocenters. The van der Waals surface area contributed by atoms with Gasteiger partial charge in [-0.2, -0.15) is 0 Å². The molecule has 3 heteroatoms. The summed E-state index contributed by atoms with van der Waals surface area (Å²) in [6.45, 7) is 0.667. The lowest BCUT2D eigenvalue weighted by Gasteiger charge is -2.01. The zero-order valence-corrected chi connectivity index (χ0v) is 7.46. The molecule has 1 aromatic rings. The maximum Gasteiger partial charge on any atom is 0.165 e. The average molecular weight is 183 g/mol. The van der Waals surface area contributed by atoms with Gasteiger partial charge in [0.15, 0.2) is 11.6 Å². The lowest BCUT2D eigenvalue weighted by Crippen LogP contribution is -1.99. The van der Waals surface area contributed by atoms with Crippen LogP contribution >= 0.6 is 0 Å². The van der Waals surface area contributed by atoms with Crippen LogP contribution in [-0.4, -0.2) is 11.7 Å². The highest BCUT2D eigenvalue weighted by atomic mass is 19.1. The van der Waals surface area contributed by atoms with Crippen molar-refractivity contribution in [2.75, 3.05) is 6.54 Å². The first-order valence-corrected chi connectivity index (χ1v) is 4.41. The Morgan fingerprint density at radius 2 is 2.08 bits per heavy atom. The molecule has 0 radical (unpaired) electrons. The molecule has 0 saturated carbocycles. The molecule has 0 heterocycles. The lowest BCUT2D eigenvalue weighted by atomic mass is 10.1. The van der Waals surface area contributed by atoms with E-state index in [0.29, 0.717) is 6.54 Å². The number of nitrogens with two attached hydrogens (primary N) is 1. The Morgan fingerprint density at radius 3 is 2.69 bits per heavy atom. The molecule has 0 aliphatic carbocycles. The molecular formula is C10H14FNO. The second-order valence-electron chi connectivity index (χ2n) is 3.03. The Labute approximate surface area is 77.2 Å². The number of aryl methyl sites for hydroxylation is 1. The van der Waals surface area contributed by atoms with E-state index in [0.717, 1.165) is 24.8 Å². The van der Waals surface area contributed by atoms with Gasteiger partial charge < -0.3 is 10.8 Å². The van der Waals surface area contributed by atoms with Crippen molar-refractivity contribution in [2.45, 2.75) is 19.3 Å². The minimum Gasteiger partial charge on any atom is -0.505 e. The molecule has 1 rings (SSSR count). The number of hydrogen-bond donors (Lipinski definition) is 2. The van der Waals surface area contributed by atoms with E-state index < -0.39 is 5.82 Å². The number of unbranched alkanes of at least 4 members (excludes halogenated alkanes) is 1. The fourth-order valence-electron chi connectivity index (χ4n) is 1.18. The summed E-state index contributed by atoms with van der Waals surface area (Å²) in [5.74, 6) is -0.840. The Hall–Kier alpha value is -1.09. The van der Waals surface area contributed by atoms with Gasteiger partial charge in [-0.15, -0.1) is 0 Å². The zero-order chi connectivity index (χ0) is 9.68. The van der Waals surface area contributed by atoms with Gasteiger partial charge in [-0.3, -0.25) is 0 Å². The molecule has 0 amide bonds. The van der Waals surface area contributed by atoms with Crippen molar-refractivity contribution in [3.8, 4) is 5.75 Å². The minimum absolute atomic E-state index is 0.289. The first-order valence-electron chi connectivity index (χ1n) is 4.41.